The van der Waals surface area contributed by atoms with Crippen molar-refractivity contribution in [1.29, 1.82) is 0 Å². The summed E-state index contributed by atoms with van der Waals surface area (Å²) in [4.78, 5) is 11.4. The van der Waals surface area contributed by atoms with Gasteiger partial charge in [0.2, 0.25) is 0 Å². The Kier molecular flexibility index (Phi) is 4.19. The summed E-state index contributed by atoms with van der Waals surface area (Å²) in [6.45, 7) is 0. The fourth-order valence-electron chi connectivity index (χ4n) is 1.16. The third-order valence-electron chi connectivity index (χ3n) is 1.89. The second-order valence-corrected chi connectivity index (χ2v) is 3.73. The van der Waals surface area contributed by atoms with E-state index in [-0.39, 0.29) is 5.97 Å². The topological polar surface area (TPSA) is 44.8 Å². The zero-order chi connectivity index (χ0) is 11.4. The first-order chi connectivity index (χ1) is 7.15. The Hall–Kier alpha value is -0.980. The van der Waals surface area contributed by atoms with Crippen LogP contribution in [0, 0.1) is 3.57 Å². The summed E-state index contributed by atoms with van der Waals surface area (Å²) in [5.41, 5.74) is 0.468. The van der Waals surface area contributed by atoms with Crippen molar-refractivity contribution in [3.8, 4) is 11.5 Å². The first-order valence-corrected chi connectivity index (χ1v) is 5.22. The minimum absolute atomic E-state index is 0.389. The molecule has 1 aromatic carbocycles. The number of carbonyl (C=O) groups excluding carboxylic acids is 1. The summed E-state index contributed by atoms with van der Waals surface area (Å²) in [6, 6.07) is 3.32. The van der Waals surface area contributed by atoms with Gasteiger partial charge in [-0.2, -0.15) is 0 Å². The molecule has 82 valence electrons. The summed E-state index contributed by atoms with van der Waals surface area (Å²) in [7, 11) is 4.42. The molecule has 15 heavy (non-hydrogen) atoms. The minimum atomic E-state index is -0.389. The van der Waals surface area contributed by atoms with Crippen molar-refractivity contribution < 1.29 is 19.0 Å². The summed E-state index contributed by atoms with van der Waals surface area (Å²) in [6.07, 6.45) is 0. The molecular formula is C10H11IO4. The van der Waals surface area contributed by atoms with E-state index in [4.69, 9.17) is 9.47 Å². The maximum absolute atomic E-state index is 11.4. The molecule has 0 spiro atoms. The van der Waals surface area contributed by atoms with Gasteiger partial charge < -0.3 is 14.2 Å². The Morgan fingerprint density at radius 1 is 1.20 bits per heavy atom. The average molecular weight is 322 g/mol. The van der Waals surface area contributed by atoms with E-state index in [1.54, 1.807) is 19.2 Å². The summed E-state index contributed by atoms with van der Waals surface area (Å²) < 4.78 is 15.6. The molecule has 5 heteroatoms. The molecule has 0 atom stereocenters. The van der Waals surface area contributed by atoms with E-state index < -0.39 is 0 Å². The lowest BCUT2D eigenvalue weighted by atomic mass is 10.2. The van der Waals surface area contributed by atoms with E-state index in [9.17, 15) is 4.79 Å². The van der Waals surface area contributed by atoms with Crippen LogP contribution in [0.1, 0.15) is 10.4 Å². The van der Waals surface area contributed by atoms with E-state index in [0.29, 0.717) is 20.6 Å². The zero-order valence-corrected chi connectivity index (χ0v) is 10.8. The second-order valence-electron chi connectivity index (χ2n) is 2.65. The van der Waals surface area contributed by atoms with Crippen LogP contribution in [0.5, 0.6) is 11.5 Å². The zero-order valence-electron chi connectivity index (χ0n) is 8.67. The van der Waals surface area contributed by atoms with Gasteiger partial charge in [-0.25, -0.2) is 4.79 Å². The number of benzene rings is 1. The van der Waals surface area contributed by atoms with Crippen LogP contribution in [-0.4, -0.2) is 27.3 Å². The van der Waals surface area contributed by atoms with E-state index in [2.05, 4.69) is 4.74 Å². The van der Waals surface area contributed by atoms with Gasteiger partial charge in [0.05, 0.1) is 30.5 Å². The number of ether oxygens (including phenoxy) is 3. The van der Waals surface area contributed by atoms with Gasteiger partial charge in [-0.1, -0.05) is 0 Å². The largest absolute Gasteiger partial charge is 0.493 e. The summed E-state index contributed by atoms with van der Waals surface area (Å²) in [5, 5.41) is 0. The third-order valence-corrected chi connectivity index (χ3v) is 2.96. The predicted octanol–water partition coefficient (Wildman–Crippen LogP) is 2.09. The maximum Gasteiger partial charge on any atom is 0.339 e. The van der Waals surface area contributed by atoms with Gasteiger partial charge in [0.25, 0.3) is 0 Å². The standard InChI is InChI=1S/C10H11IO4/c1-13-7-5-4-6(10(12)15-3)8(11)9(7)14-2/h4-5H,1-3H3. The van der Waals surface area contributed by atoms with Gasteiger partial charge in [0.1, 0.15) is 0 Å². The highest BCUT2D eigenvalue weighted by Crippen LogP contribution is 2.34. The first-order valence-electron chi connectivity index (χ1n) is 4.14. The number of halogens is 1. The molecule has 0 aliphatic carbocycles. The Bertz CT molecular complexity index is 376. The second kappa shape index (κ2) is 5.20. The van der Waals surface area contributed by atoms with Crippen molar-refractivity contribution in [3.05, 3.63) is 21.3 Å². The number of rotatable bonds is 3. The molecule has 1 aromatic rings. The molecule has 0 N–H and O–H groups in total. The number of methoxy groups -OCH3 is 3. The molecule has 4 nitrogen and oxygen atoms in total. The molecule has 0 aliphatic heterocycles. The van der Waals surface area contributed by atoms with Crippen LogP contribution in [-0.2, 0) is 4.74 Å². The Labute approximate surface area is 102 Å². The molecule has 0 amide bonds. The lowest BCUT2D eigenvalue weighted by molar-refractivity contribution is 0.0599. The van der Waals surface area contributed by atoms with Crippen LogP contribution in [0.4, 0.5) is 0 Å². The molecule has 0 saturated carbocycles. The fraction of sp³-hybridized carbons (Fsp3) is 0.300. The molecule has 0 fully saturated rings. The maximum atomic E-state index is 11.4. The van der Waals surface area contributed by atoms with Gasteiger partial charge in [0.15, 0.2) is 11.5 Å². The van der Waals surface area contributed by atoms with E-state index in [1.165, 1.54) is 14.2 Å². The van der Waals surface area contributed by atoms with Crippen molar-refractivity contribution in [2.75, 3.05) is 21.3 Å². The predicted molar refractivity (Wildman–Crippen MR) is 63.6 cm³/mol. The molecule has 0 saturated heterocycles. The molecule has 0 heterocycles. The quantitative estimate of drug-likeness (QED) is 0.631. The van der Waals surface area contributed by atoms with Gasteiger partial charge in [-0.3, -0.25) is 0 Å². The van der Waals surface area contributed by atoms with Crippen molar-refractivity contribution in [3.63, 3.8) is 0 Å². The van der Waals surface area contributed by atoms with Crippen molar-refractivity contribution in [2.24, 2.45) is 0 Å². The van der Waals surface area contributed by atoms with Crippen LogP contribution < -0.4 is 9.47 Å². The van der Waals surface area contributed by atoms with Gasteiger partial charge >= 0.3 is 5.97 Å². The molecule has 1 rings (SSSR count). The van der Waals surface area contributed by atoms with Crippen LogP contribution in [0.2, 0.25) is 0 Å². The average Bonchev–Trinajstić information content (AvgIpc) is 2.27. The SMILES string of the molecule is COC(=O)c1ccc(OC)c(OC)c1I. The molecule has 0 bridgehead atoms. The van der Waals surface area contributed by atoms with E-state index in [1.807, 2.05) is 22.6 Å². The minimum Gasteiger partial charge on any atom is -0.493 e. The fourth-order valence-corrected chi connectivity index (χ4v) is 2.04. The number of carbonyl (C=O) groups is 1. The van der Waals surface area contributed by atoms with E-state index >= 15 is 0 Å². The lowest BCUT2D eigenvalue weighted by Crippen LogP contribution is -2.05. The van der Waals surface area contributed by atoms with Crippen LogP contribution in [0.3, 0.4) is 0 Å². The first kappa shape index (κ1) is 12.1. The van der Waals surface area contributed by atoms with Gasteiger partial charge in [-0.15, -0.1) is 0 Å². The number of hydrogen-bond acceptors (Lipinski definition) is 4. The van der Waals surface area contributed by atoms with Crippen LogP contribution >= 0.6 is 22.6 Å². The highest BCUT2D eigenvalue weighted by Gasteiger charge is 2.17. The summed E-state index contributed by atoms with van der Waals surface area (Å²) in [5.74, 6) is 0.746. The van der Waals surface area contributed by atoms with Gasteiger partial charge in [-0.05, 0) is 34.7 Å². The number of esters is 1. The van der Waals surface area contributed by atoms with Crippen LogP contribution in [0.25, 0.3) is 0 Å². The monoisotopic (exact) mass is 322 g/mol. The molecular weight excluding hydrogens is 311 g/mol. The molecule has 0 aromatic heterocycles. The van der Waals surface area contributed by atoms with Gasteiger partial charge in [0, 0.05) is 0 Å². The van der Waals surface area contributed by atoms with Crippen molar-refractivity contribution >= 4 is 28.6 Å². The smallest absolute Gasteiger partial charge is 0.339 e. The van der Waals surface area contributed by atoms with Crippen molar-refractivity contribution in [1.82, 2.24) is 0 Å². The normalized spacial score (nSPS) is 9.60. The Balaban J connectivity index is 3.29. The highest BCUT2D eigenvalue weighted by molar-refractivity contribution is 14.1. The summed E-state index contributed by atoms with van der Waals surface area (Å²) >= 11 is 2.02. The lowest BCUT2D eigenvalue weighted by Gasteiger charge is -2.11. The Morgan fingerprint density at radius 3 is 2.33 bits per heavy atom. The highest BCUT2D eigenvalue weighted by atomic mass is 127. The Morgan fingerprint density at radius 2 is 1.87 bits per heavy atom. The molecule has 0 unspecified atom stereocenters. The van der Waals surface area contributed by atoms with Crippen molar-refractivity contribution in [2.45, 2.75) is 0 Å². The molecule has 0 radical (unpaired) electrons. The van der Waals surface area contributed by atoms with Crippen LogP contribution in [0.15, 0.2) is 12.1 Å². The number of hydrogen-bond donors (Lipinski definition) is 0. The van der Waals surface area contributed by atoms with E-state index in [0.717, 1.165) is 0 Å². The third kappa shape index (κ3) is 2.34. The molecule has 0 aliphatic rings.